The Bertz CT molecular complexity index is 764. The quantitative estimate of drug-likeness (QED) is 0.830. The fourth-order valence-electron chi connectivity index (χ4n) is 4.65. The second-order valence-corrected chi connectivity index (χ2v) is 8.06. The van der Waals surface area contributed by atoms with Gasteiger partial charge in [-0.25, -0.2) is 0 Å². The molecule has 2 aromatic rings. The van der Waals surface area contributed by atoms with E-state index < -0.39 is 12.0 Å². The van der Waals surface area contributed by atoms with Crippen molar-refractivity contribution in [1.82, 2.24) is 14.8 Å². The number of rotatable bonds is 6. The number of hydrogen-bond donors (Lipinski definition) is 1. The van der Waals surface area contributed by atoms with E-state index in [0.29, 0.717) is 5.92 Å². The van der Waals surface area contributed by atoms with E-state index in [1.54, 1.807) is 6.20 Å². The maximum Gasteiger partial charge on any atom is 0.325 e. The van der Waals surface area contributed by atoms with Crippen molar-refractivity contribution < 1.29 is 9.90 Å². The highest BCUT2D eigenvalue weighted by Crippen LogP contribution is 2.35. The average Bonchev–Trinajstić information content (AvgIpc) is 3.25. The van der Waals surface area contributed by atoms with Gasteiger partial charge in [-0.3, -0.25) is 19.6 Å². The molecule has 1 N–H and O–H groups in total. The van der Waals surface area contributed by atoms with Crippen LogP contribution in [0.4, 0.5) is 0 Å². The second-order valence-electron chi connectivity index (χ2n) is 8.06. The molecule has 2 fully saturated rings. The monoisotopic (exact) mass is 379 g/mol. The van der Waals surface area contributed by atoms with E-state index in [4.69, 9.17) is 0 Å². The van der Waals surface area contributed by atoms with E-state index in [2.05, 4.69) is 33.0 Å². The molecule has 5 nitrogen and oxygen atoms in total. The zero-order valence-electron chi connectivity index (χ0n) is 16.3. The number of piperazine rings is 1. The topological polar surface area (TPSA) is 56.7 Å². The zero-order chi connectivity index (χ0) is 19.3. The van der Waals surface area contributed by atoms with Gasteiger partial charge in [0.25, 0.3) is 0 Å². The maximum atomic E-state index is 12.0. The molecule has 1 aliphatic heterocycles. The van der Waals surface area contributed by atoms with Crippen molar-refractivity contribution in [2.45, 2.75) is 44.2 Å². The third kappa shape index (κ3) is 4.42. The third-order valence-corrected chi connectivity index (χ3v) is 6.21. The molecule has 0 bridgehead atoms. The Morgan fingerprint density at radius 1 is 1.07 bits per heavy atom. The van der Waals surface area contributed by atoms with Crippen LogP contribution in [0.3, 0.4) is 0 Å². The summed E-state index contributed by atoms with van der Waals surface area (Å²) < 4.78 is 0. The average molecular weight is 380 g/mol. The van der Waals surface area contributed by atoms with Crippen molar-refractivity contribution in [1.29, 1.82) is 0 Å². The zero-order valence-corrected chi connectivity index (χ0v) is 16.3. The molecule has 2 aliphatic rings. The van der Waals surface area contributed by atoms with Crippen LogP contribution in [0.1, 0.15) is 54.3 Å². The lowest BCUT2D eigenvalue weighted by molar-refractivity contribution is -0.144. The van der Waals surface area contributed by atoms with Gasteiger partial charge >= 0.3 is 5.97 Å². The minimum atomic E-state index is -0.755. The van der Waals surface area contributed by atoms with Crippen LogP contribution in [0.5, 0.6) is 0 Å². The Labute approximate surface area is 167 Å². The van der Waals surface area contributed by atoms with Crippen LogP contribution in [0, 0.1) is 0 Å². The lowest BCUT2D eigenvalue weighted by Crippen LogP contribution is -2.48. The van der Waals surface area contributed by atoms with Gasteiger partial charge in [-0.1, -0.05) is 43.2 Å². The van der Waals surface area contributed by atoms with E-state index in [0.717, 1.165) is 38.3 Å². The van der Waals surface area contributed by atoms with Crippen LogP contribution in [0.15, 0.2) is 48.8 Å². The Balaban J connectivity index is 1.39. The molecule has 5 heteroatoms. The van der Waals surface area contributed by atoms with Crippen molar-refractivity contribution in [3.63, 3.8) is 0 Å². The smallest absolute Gasteiger partial charge is 0.325 e. The molecule has 1 atom stereocenters. The van der Waals surface area contributed by atoms with Gasteiger partial charge in [0.2, 0.25) is 0 Å². The predicted octanol–water partition coefficient (Wildman–Crippen LogP) is 3.68. The minimum Gasteiger partial charge on any atom is -0.480 e. The molecule has 148 valence electrons. The highest BCUT2D eigenvalue weighted by atomic mass is 16.4. The lowest BCUT2D eigenvalue weighted by atomic mass is 9.94. The molecular weight excluding hydrogens is 350 g/mol. The Kier molecular flexibility index (Phi) is 6.03. The molecule has 4 rings (SSSR count). The first-order valence-electron chi connectivity index (χ1n) is 10.4. The predicted molar refractivity (Wildman–Crippen MR) is 109 cm³/mol. The number of carboxylic acid groups (broad SMARTS) is 1. The van der Waals surface area contributed by atoms with E-state index >= 15 is 0 Å². The van der Waals surface area contributed by atoms with Crippen molar-refractivity contribution >= 4 is 5.97 Å². The van der Waals surface area contributed by atoms with Gasteiger partial charge in [0.15, 0.2) is 0 Å². The van der Waals surface area contributed by atoms with Crippen molar-refractivity contribution in [3.8, 4) is 0 Å². The van der Waals surface area contributed by atoms with E-state index in [1.807, 2.05) is 24.4 Å². The highest BCUT2D eigenvalue weighted by molar-refractivity contribution is 5.75. The summed E-state index contributed by atoms with van der Waals surface area (Å²) in [5.74, 6) is -0.0947. The van der Waals surface area contributed by atoms with Crippen LogP contribution in [-0.2, 0) is 11.3 Å². The molecular formula is C23H29N3O2. The van der Waals surface area contributed by atoms with Gasteiger partial charge in [-0.15, -0.1) is 0 Å². The number of hydrogen-bond acceptors (Lipinski definition) is 4. The van der Waals surface area contributed by atoms with Gasteiger partial charge < -0.3 is 5.11 Å². The van der Waals surface area contributed by atoms with Crippen LogP contribution >= 0.6 is 0 Å². The molecule has 1 saturated carbocycles. The fourth-order valence-corrected chi connectivity index (χ4v) is 4.65. The molecule has 0 radical (unpaired) electrons. The van der Waals surface area contributed by atoms with Crippen molar-refractivity contribution in [2.24, 2.45) is 0 Å². The first kappa shape index (κ1) is 19.1. The Morgan fingerprint density at radius 2 is 1.79 bits per heavy atom. The molecule has 2 heterocycles. The number of benzene rings is 1. The number of pyridine rings is 1. The Hall–Kier alpha value is -2.24. The van der Waals surface area contributed by atoms with E-state index in [-0.39, 0.29) is 0 Å². The molecule has 1 saturated heterocycles. The first-order chi connectivity index (χ1) is 13.7. The largest absolute Gasteiger partial charge is 0.480 e. The lowest BCUT2D eigenvalue weighted by Gasteiger charge is -2.37. The molecule has 0 amide bonds. The summed E-state index contributed by atoms with van der Waals surface area (Å²) in [4.78, 5) is 20.7. The van der Waals surface area contributed by atoms with Crippen molar-refractivity contribution in [2.75, 3.05) is 26.2 Å². The standard InChI is InChI=1S/C23H29N3O2/c27-23(28)22(21-9-7-20(8-10-21)19-5-1-2-6-19)26-14-12-25(13-15-26)17-18-4-3-11-24-16-18/h3-4,7-11,16,19,22H,1-2,5-6,12-15,17H2,(H,27,28). The molecule has 1 aliphatic carbocycles. The maximum absolute atomic E-state index is 12.0. The summed E-state index contributed by atoms with van der Waals surface area (Å²) in [6, 6.07) is 11.9. The summed E-state index contributed by atoms with van der Waals surface area (Å²) in [6.07, 6.45) is 8.84. The van der Waals surface area contributed by atoms with Crippen molar-refractivity contribution in [3.05, 3.63) is 65.5 Å². The number of carbonyl (C=O) groups is 1. The number of aliphatic carboxylic acids is 1. The number of carboxylic acids is 1. The third-order valence-electron chi connectivity index (χ3n) is 6.21. The molecule has 28 heavy (non-hydrogen) atoms. The summed E-state index contributed by atoms with van der Waals surface area (Å²) in [7, 11) is 0. The van der Waals surface area contributed by atoms with Crippen LogP contribution in [0.25, 0.3) is 0 Å². The van der Waals surface area contributed by atoms with E-state index in [1.165, 1.54) is 36.8 Å². The summed E-state index contributed by atoms with van der Waals surface area (Å²) >= 11 is 0. The SMILES string of the molecule is O=C(O)C(c1ccc(C2CCCC2)cc1)N1CCN(Cc2cccnc2)CC1. The summed E-state index contributed by atoms with van der Waals surface area (Å²) in [5.41, 5.74) is 3.47. The molecule has 1 unspecified atom stereocenters. The number of aromatic nitrogens is 1. The van der Waals surface area contributed by atoms with Gasteiger partial charge in [0.05, 0.1) is 0 Å². The van der Waals surface area contributed by atoms with Crippen LogP contribution in [-0.4, -0.2) is 52.0 Å². The normalized spacial score (nSPS) is 20.3. The van der Waals surface area contributed by atoms with Crippen LogP contribution < -0.4 is 0 Å². The van der Waals surface area contributed by atoms with Gasteiger partial charge in [-0.05, 0) is 41.5 Å². The van der Waals surface area contributed by atoms with E-state index in [9.17, 15) is 9.90 Å². The highest BCUT2D eigenvalue weighted by Gasteiger charge is 2.30. The first-order valence-corrected chi connectivity index (χ1v) is 10.4. The fraction of sp³-hybridized carbons (Fsp3) is 0.478. The van der Waals surface area contributed by atoms with Gasteiger partial charge in [0, 0.05) is 45.1 Å². The molecule has 1 aromatic carbocycles. The van der Waals surface area contributed by atoms with Gasteiger partial charge in [0.1, 0.15) is 6.04 Å². The second kappa shape index (κ2) is 8.84. The van der Waals surface area contributed by atoms with Crippen LogP contribution in [0.2, 0.25) is 0 Å². The molecule has 0 spiro atoms. The molecule has 1 aromatic heterocycles. The summed E-state index contributed by atoms with van der Waals surface area (Å²) in [6.45, 7) is 4.15. The minimum absolute atomic E-state index is 0.557. The Morgan fingerprint density at radius 3 is 2.39 bits per heavy atom. The van der Waals surface area contributed by atoms with Gasteiger partial charge in [-0.2, -0.15) is 0 Å². The summed E-state index contributed by atoms with van der Waals surface area (Å²) in [5, 5.41) is 9.90. The number of nitrogens with zero attached hydrogens (tertiary/aromatic N) is 3.